The molecule has 0 aliphatic carbocycles. The Balaban J connectivity index is 1.82. The fourth-order valence-electron chi connectivity index (χ4n) is 4.07. The van der Waals surface area contributed by atoms with Crippen LogP contribution in [-0.2, 0) is 14.3 Å². The maximum Gasteiger partial charge on any atom is 0.416 e. The van der Waals surface area contributed by atoms with Gasteiger partial charge in [-0.1, -0.05) is 29.8 Å². The molecule has 0 aromatic heterocycles. The largest absolute Gasteiger partial charge is 0.447 e. The number of benzene rings is 1. The highest BCUT2D eigenvalue weighted by molar-refractivity contribution is 5.93. The lowest BCUT2D eigenvalue weighted by Crippen LogP contribution is -2.36. The molecule has 3 rings (SSSR count). The summed E-state index contributed by atoms with van der Waals surface area (Å²) in [6.07, 6.45) is 2.06. The van der Waals surface area contributed by atoms with Gasteiger partial charge in [0, 0.05) is 6.42 Å². The molecule has 0 saturated carbocycles. The Labute approximate surface area is 149 Å². The second-order valence-electron chi connectivity index (χ2n) is 7.37. The predicted molar refractivity (Wildman–Crippen MR) is 94.3 cm³/mol. The number of imide groups is 1. The summed E-state index contributed by atoms with van der Waals surface area (Å²) in [5.41, 5.74) is 2.36. The van der Waals surface area contributed by atoms with Crippen LogP contribution in [0.15, 0.2) is 24.3 Å². The number of aryl methyl sites for hydroxylation is 1. The molecule has 1 aromatic rings. The van der Waals surface area contributed by atoms with Crippen molar-refractivity contribution < 1.29 is 19.1 Å². The van der Waals surface area contributed by atoms with Gasteiger partial charge in [-0.3, -0.25) is 4.79 Å². The van der Waals surface area contributed by atoms with E-state index in [1.807, 2.05) is 0 Å². The average Bonchev–Trinajstić information content (AvgIpc) is 2.98. The van der Waals surface area contributed by atoms with Gasteiger partial charge >= 0.3 is 6.09 Å². The average molecular weight is 345 g/mol. The molecule has 0 bridgehead atoms. The van der Waals surface area contributed by atoms with Gasteiger partial charge in [0.05, 0.1) is 18.8 Å². The summed E-state index contributed by atoms with van der Waals surface area (Å²) in [4.78, 5) is 25.7. The van der Waals surface area contributed by atoms with Crippen LogP contribution in [-0.4, -0.2) is 42.3 Å². The molecule has 5 heteroatoms. The lowest BCUT2D eigenvalue weighted by molar-refractivity contribution is -0.129. The number of carbonyl (C=O) groups is 2. The van der Waals surface area contributed by atoms with E-state index in [9.17, 15) is 9.59 Å². The highest BCUT2D eigenvalue weighted by Crippen LogP contribution is 2.39. The number of nitrogens with zero attached hydrogens (tertiary/aromatic N) is 1. The van der Waals surface area contributed by atoms with Crippen LogP contribution in [0.3, 0.4) is 0 Å². The number of hydrogen-bond acceptors (Lipinski definition) is 4. The van der Waals surface area contributed by atoms with E-state index in [-0.39, 0.29) is 24.0 Å². The molecule has 2 amide bonds. The summed E-state index contributed by atoms with van der Waals surface area (Å²) in [6, 6.07) is 8.40. The van der Waals surface area contributed by atoms with Gasteiger partial charge < -0.3 is 9.47 Å². The Morgan fingerprint density at radius 1 is 1.20 bits per heavy atom. The van der Waals surface area contributed by atoms with Crippen LogP contribution in [0.5, 0.6) is 0 Å². The van der Waals surface area contributed by atoms with Crippen molar-refractivity contribution in [1.82, 2.24) is 4.90 Å². The van der Waals surface area contributed by atoms with Crippen LogP contribution < -0.4 is 0 Å². The van der Waals surface area contributed by atoms with Gasteiger partial charge in [-0.2, -0.15) is 0 Å². The topological polar surface area (TPSA) is 55.8 Å². The van der Waals surface area contributed by atoms with E-state index in [1.165, 1.54) is 10.5 Å². The fourth-order valence-corrected chi connectivity index (χ4v) is 4.07. The normalized spacial score (nSPS) is 27.9. The standard InChI is InChI=1S/C20H27NO4/c1-13-4-6-16(7-5-13)18(17-10-14(2)25-15(3)11-17)12-19(22)21-8-9-24-20(21)23/h4-7,14-15,17-18H,8-12H2,1-3H3. The van der Waals surface area contributed by atoms with Crippen LogP contribution in [0.4, 0.5) is 4.79 Å². The molecule has 3 atom stereocenters. The molecule has 2 fully saturated rings. The first kappa shape index (κ1) is 17.9. The number of ether oxygens (including phenoxy) is 2. The molecule has 0 N–H and O–H groups in total. The number of rotatable bonds is 4. The van der Waals surface area contributed by atoms with E-state index >= 15 is 0 Å². The van der Waals surface area contributed by atoms with Crippen LogP contribution in [0.25, 0.3) is 0 Å². The zero-order valence-electron chi connectivity index (χ0n) is 15.2. The van der Waals surface area contributed by atoms with Gasteiger partial charge in [0.15, 0.2) is 0 Å². The Hall–Kier alpha value is -1.88. The van der Waals surface area contributed by atoms with Crippen molar-refractivity contribution in [3.63, 3.8) is 0 Å². The van der Waals surface area contributed by atoms with E-state index in [4.69, 9.17) is 9.47 Å². The van der Waals surface area contributed by atoms with Gasteiger partial charge in [-0.25, -0.2) is 9.69 Å². The molecular formula is C20H27NO4. The lowest BCUT2D eigenvalue weighted by Gasteiger charge is -2.37. The third-order valence-corrected chi connectivity index (χ3v) is 5.26. The van der Waals surface area contributed by atoms with Crippen LogP contribution in [0, 0.1) is 12.8 Å². The summed E-state index contributed by atoms with van der Waals surface area (Å²) in [6.45, 7) is 6.90. The summed E-state index contributed by atoms with van der Waals surface area (Å²) in [5.74, 6) is 0.319. The summed E-state index contributed by atoms with van der Waals surface area (Å²) in [7, 11) is 0. The van der Waals surface area contributed by atoms with Crippen molar-refractivity contribution in [2.45, 2.75) is 58.2 Å². The second kappa shape index (κ2) is 7.56. The molecule has 0 spiro atoms. The SMILES string of the molecule is Cc1ccc(C(CC(=O)N2CCOC2=O)C2CC(C)OC(C)C2)cc1. The quantitative estimate of drug-likeness (QED) is 0.836. The Bertz CT molecular complexity index is 617. The van der Waals surface area contributed by atoms with Gasteiger partial charge in [0.1, 0.15) is 6.61 Å². The minimum absolute atomic E-state index is 0.0929. The smallest absolute Gasteiger partial charge is 0.416 e. The number of hydrogen-bond donors (Lipinski definition) is 0. The number of amides is 2. The first-order valence-electron chi connectivity index (χ1n) is 9.13. The second-order valence-corrected chi connectivity index (χ2v) is 7.37. The van der Waals surface area contributed by atoms with E-state index in [1.54, 1.807) is 0 Å². The Morgan fingerprint density at radius 3 is 2.40 bits per heavy atom. The molecule has 5 nitrogen and oxygen atoms in total. The van der Waals surface area contributed by atoms with E-state index in [0.29, 0.717) is 25.5 Å². The van der Waals surface area contributed by atoms with Crippen molar-refractivity contribution in [3.05, 3.63) is 35.4 Å². The van der Waals surface area contributed by atoms with Crippen molar-refractivity contribution in [1.29, 1.82) is 0 Å². The maximum absolute atomic E-state index is 12.7. The van der Waals surface area contributed by atoms with Gasteiger partial charge in [-0.05, 0) is 51.0 Å². The first-order valence-corrected chi connectivity index (χ1v) is 9.13. The molecule has 1 aromatic carbocycles. The van der Waals surface area contributed by atoms with Crippen LogP contribution in [0.2, 0.25) is 0 Å². The molecule has 2 heterocycles. The summed E-state index contributed by atoms with van der Waals surface area (Å²) < 4.78 is 10.8. The monoisotopic (exact) mass is 345 g/mol. The zero-order chi connectivity index (χ0) is 18.0. The van der Waals surface area contributed by atoms with Crippen molar-refractivity contribution >= 4 is 12.0 Å². The fraction of sp³-hybridized carbons (Fsp3) is 0.600. The maximum atomic E-state index is 12.7. The molecule has 3 unspecified atom stereocenters. The minimum Gasteiger partial charge on any atom is -0.447 e. The van der Waals surface area contributed by atoms with Crippen molar-refractivity contribution in [3.8, 4) is 0 Å². The number of cyclic esters (lactones) is 1. The van der Waals surface area contributed by atoms with Gasteiger partial charge in [0.25, 0.3) is 0 Å². The molecule has 136 valence electrons. The van der Waals surface area contributed by atoms with E-state index in [0.717, 1.165) is 18.4 Å². The molecule has 2 aliphatic heterocycles. The predicted octanol–water partition coefficient (Wildman–Crippen LogP) is 3.65. The highest BCUT2D eigenvalue weighted by Gasteiger charge is 2.36. The summed E-state index contributed by atoms with van der Waals surface area (Å²) >= 11 is 0. The molecule has 2 saturated heterocycles. The molecule has 2 aliphatic rings. The lowest BCUT2D eigenvalue weighted by atomic mass is 9.76. The van der Waals surface area contributed by atoms with Crippen molar-refractivity contribution in [2.24, 2.45) is 5.92 Å². The van der Waals surface area contributed by atoms with Crippen molar-refractivity contribution in [2.75, 3.05) is 13.2 Å². The molecule has 0 radical (unpaired) electrons. The van der Waals surface area contributed by atoms with E-state index < -0.39 is 6.09 Å². The van der Waals surface area contributed by atoms with Crippen LogP contribution >= 0.6 is 0 Å². The van der Waals surface area contributed by atoms with E-state index in [2.05, 4.69) is 45.0 Å². The molecule has 25 heavy (non-hydrogen) atoms. The summed E-state index contributed by atoms with van der Waals surface area (Å²) in [5, 5.41) is 0. The third-order valence-electron chi connectivity index (χ3n) is 5.26. The Morgan fingerprint density at radius 2 is 1.84 bits per heavy atom. The highest BCUT2D eigenvalue weighted by atomic mass is 16.6. The zero-order valence-corrected chi connectivity index (χ0v) is 15.2. The van der Waals surface area contributed by atoms with Gasteiger partial charge in [0.2, 0.25) is 5.91 Å². The van der Waals surface area contributed by atoms with Crippen LogP contribution in [0.1, 0.15) is 50.2 Å². The minimum atomic E-state index is -0.513. The first-order chi connectivity index (χ1) is 11.9. The third kappa shape index (κ3) is 4.21. The Kier molecular flexibility index (Phi) is 5.42. The number of carbonyl (C=O) groups excluding carboxylic acids is 2. The van der Waals surface area contributed by atoms with Gasteiger partial charge in [-0.15, -0.1) is 0 Å². The molecular weight excluding hydrogens is 318 g/mol.